The highest BCUT2D eigenvalue weighted by Crippen LogP contribution is 2.19. The molecule has 2 aromatic carbocycles. The van der Waals surface area contributed by atoms with Gasteiger partial charge in [-0.1, -0.05) is 87.0 Å². The van der Waals surface area contributed by atoms with Crippen LogP contribution < -0.4 is 48.7 Å². The predicted octanol–water partition coefficient (Wildman–Crippen LogP) is -0.974. The summed E-state index contributed by atoms with van der Waals surface area (Å²) in [6.45, 7) is 6.56. The Kier molecular flexibility index (Phi) is 24.9. The topological polar surface area (TPSA) is 392 Å². The number of aliphatic hydroxyl groups excluding tert-OH is 1. The molecule has 11 unspecified atom stereocenters. The number of aliphatic hydroxyl groups is 1. The molecular formula is C51H72N10O14. The van der Waals surface area contributed by atoms with E-state index in [1.54, 1.807) is 20.1 Å². The van der Waals surface area contributed by atoms with E-state index in [0.29, 0.717) is 17.6 Å². The fraction of sp³-hybridized carbons (Fsp3) is 0.490. The molecule has 1 aliphatic rings. The van der Waals surface area contributed by atoms with Crippen LogP contribution in [0, 0.1) is 17.8 Å². The van der Waals surface area contributed by atoms with Crippen LogP contribution in [-0.2, 0) is 60.7 Å². The summed E-state index contributed by atoms with van der Waals surface area (Å²) in [6, 6.07) is 4.16. The second-order valence-corrected chi connectivity index (χ2v) is 18.4. The number of hydrogen-bond donors (Lipinski definition) is 13. The molecule has 410 valence electrons. The largest absolute Gasteiger partial charge is 0.508 e. The summed E-state index contributed by atoms with van der Waals surface area (Å²) in [5.41, 5.74) is 13.1. The Hall–Kier alpha value is -7.86. The van der Waals surface area contributed by atoms with Crippen molar-refractivity contribution in [1.29, 1.82) is 0 Å². The van der Waals surface area contributed by atoms with E-state index >= 15 is 0 Å². The standard InChI is InChI=1S/C51H72N10O14/c1-27(23-28(2)40(75-6)25-32-11-8-7-9-12-32)14-19-35-29(3)43(65)59-37(49(71)72)20-21-41(64)56-39(26-62)48(70)55-31(5)45(67)60-38(24-33-15-17-34(63)18-16-33)47(69)61-42(50(73)74)30(4)44(66)58-36(46(68)57-35)13-10-22-54-51(52)53/h7-9,11-12,14-19,23,28-31,35-40,42,62-63H,10,13,20-22,24-26H2,1-6H3,(H,55,70)(H,56,64)(H,57,68)(H,58,66)(H,59,65)(H,60,67)(H,61,69)(H,71,72)(H,73,74)(H4,52,53,54). The van der Waals surface area contributed by atoms with Gasteiger partial charge in [0.05, 0.1) is 30.6 Å². The third kappa shape index (κ3) is 20.5. The van der Waals surface area contributed by atoms with Crippen molar-refractivity contribution in [3.8, 4) is 5.75 Å². The Balaban J connectivity index is 2.13. The molecule has 0 spiro atoms. The molecule has 15 N–H and O–H groups in total. The summed E-state index contributed by atoms with van der Waals surface area (Å²) in [7, 11) is 1.60. The Morgan fingerprint density at radius 1 is 0.747 bits per heavy atom. The molecule has 7 amide bonds. The van der Waals surface area contributed by atoms with Gasteiger partial charge in [0.1, 0.15) is 42.0 Å². The monoisotopic (exact) mass is 1050 g/mol. The number of phenolic OH excluding ortho intramolecular Hbond substituents is 1. The molecule has 0 saturated carbocycles. The van der Waals surface area contributed by atoms with Crippen LogP contribution in [0.25, 0.3) is 0 Å². The zero-order valence-corrected chi connectivity index (χ0v) is 42.9. The summed E-state index contributed by atoms with van der Waals surface area (Å²) < 4.78 is 5.81. The molecule has 0 bridgehead atoms. The smallest absolute Gasteiger partial charge is 0.327 e. The van der Waals surface area contributed by atoms with Crippen LogP contribution in [0.1, 0.15) is 71.4 Å². The van der Waals surface area contributed by atoms with Gasteiger partial charge in [-0.3, -0.25) is 38.6 Å². The number of aliphatic imine (C=N–C) groups is 1. The Morgan fingerprint density at radius 3 is 1.96 bits per heavy atom. The van der Waals surface area contributed by atoms with Crippen LogP contribution >= 0.6 is 0 Å². The van der Waals surface area contributed by atoms with Crippen LogP contribution in [0.5, 0.6) is 5.75 Å². The van der Waals surface area contributed by atoms with Crippen molar-refractivity contribution in [1.82, 2.24) is 37.2 Å². The van der Waals surface area contributed by atoms with Gasteiger partial charge >= 0.3 is 11.9 Å². The van der Waals surface area contributed by atoms with Crippen LogP contribution in [0.3, 0.4) is 0 Å². The lowest BCUT2D eigenvalue weighted by Gasteiger charge is -2.28. The number of aliphatic carboxylic acids is 2. The number of hydrogen-bond acceptors (Lipinski definition) is 13. The quantitative estimate of drug-likeness (QED) is 0.0416. The highest BCUT2D eigenvalue weighted by atomic mass is 16.5. The van der Waals surface area contributed by atoms with Crippen LogP contribution in [0.4, 0.5) is 0 Å². The molecule has 1 fully saturated rings. The molecule has 1 saturated heterocycles. The number of allylic oxidation sites excluding steroid dienone is 2. The Bertz CT molecular complexity index is 2400. The molecule has 75 heavy (non-hydrogen) atoms. The summed E-state index contributed by atoms with van der Waals surface area (Å²) in [5, 5.41) is 57.5. The van der Waals surface area contributed by atoms with E-state index in [-0.39, 0.29) is 49.5 Å². The average Bonchev–Trinajstić information content (AvgIpc) is 3.36. The summed E-state index contributed by atoms with van der Waals surface area (Å²) in [5.74, 6) is -13.4. The Morgan fingerprint density at radius 2 is 1.36 bits per heavy atom. The van der Waals surface area contributed by atoms with Crippen molar-refractivity contribution >= 4 is 59.2 Å². The van der Waals surface area contributed by atoms with E-state index in [4.69, 9.17) is 16.2 Å². The van der Waals surface area contributed by atoms with Gasteiger partial charge in [0.25, 0.3) is 0 Å². The van der Waals surface area contributed by atoms with Gasteiger partial charge < -0.3 is 73.8 Å². The number of methoxy groups -OCH3 is 1. The number of phenols is 1. The highest BCUT2D eigenvalue weighted by Gasteiger charge is 2.37. The van der Waals surface area contributed by atoms with Gasteiger partial charge in [0, 0.05) is 32.4 Å². The van der Waals surface area contributed by atoms with E-state index in [1.807, 2.05) is 43.3 Å². The minimum absolute atomic E-state index is 0.00586. The zero-order chi connectivity index (χ0) is 55.9. The first kappa shape index (κ1) is 61.4. The number of benzene rings is 2. The lowest BCUT2D eigenvalue weighted by Crippen LogP contribution is -2.59. The number of guanidine groups is 1. The molecule has 11 atom stereocenters. The maximum Gasteiger partial charge on any atom is 0.327 e. The van der Waals surface area contributed by atoms with E-state index < -0.39 is 127 Å². The lowest BCUT2D eigenvalue weighted by molar-refractivity contribution is -0.146. The van der Waals surface area contributed by atoms with Crippen molar-refractivity contribution < 1.29 is 68.3 Å². The van der Waals surface area contributed by atoms with E-state index in [2.05, 4.69) is 42.2 Å². The predicted molar refractivity (Wildman–Crippen MR) is 274 cm³/mol. The fourth-order valence-electron chi connectivity index (χ4n) is 7.86. The molecule has 1 heterocycles. The SMILES string of the molecule is COC(Cc1ccccc1)C(C)C=C(C)C=CC1NC(=O)C(CCCN=C(N)N)NC(=O)C(C)C(C(=O)O)NC(=O)C(Cc2ccc(O)cc2)NC(=O)C(C)NC(=O)C(CO)NC(=O)CCC(C(=O)O)NC(=O)C1C. The van der Waals surface area contributed by atoms with Crippen molar-refractivity contribution in [3.63, 3.8) is 0 Å². The summed E-state index contributed by atoms with van der Waals surface area (Å²) >= 11 is 0. The number of carbonyl (C=O) groups excluding carboxylic acids is 7. The zero-order valence-electron chi connectivity index (χ0n) is 42.9. The molecule has 1 aliphatic heterocycles. The highest BCUT2D eigenvalue weighted by molar-refractivity contribution is 5.97. The van der Waals surface area contributed by atoms with Crippen LogP contribution in [0.15, 0.2) is 83.4 Å². The molecule has 0 radical (unpaired) electrons. The molecule has 24 nitrogen and oxygen atoms in total. The third-order valence-electron chi connectivity index (χ3n) is 12.4. The molecule has 3 rings (SSSR count). The van der Waals surface area contributed by atoms with Gasteiger partial charge in [0.15, 0.2) is 5.96 Å². The fourth-order valence-corrected chi connectivity index (χ4v) is 7.86. The first-order valence-corrected chi connectivity index (χ1v) is 24.4. The lowest BCUT2D eigenvalue weighted by atomic mass is 9.94. The number of carboxylic acids is 2. The number of ether oxygens (including phenoxy) is 1. The number of carbonyl (C=O) groups is 9. The summed E-state index contributed by atoms with van der Waals surface area (Å²) in [4.78, 5) is 126. The van der Waals surface area contributed by atoms with E-state index in [9.17, 15) is 63.6 Å². The second kappa shape index (κ2) is 30.4. The van der Waals surface area contributed by atoms with Gasteiger partial charge in [-0.2, -0.15) is 0 Å². The maximum absolute atomic E-state index is 14.4. The number of aromatic hydroxyl groups is 1. The van der Waals surface area contributed by atoms with Gasteiger partial charge in [-0.15, -0.1) is 0 Å². The van der Waals surface area contributed by atoms with Crippen LogP contribution in [-0.4, -0.2) is 148 Å². The molecule has 0 aliphatic carbocycles. The number of amides is 7. The van der Waals surface area contributed by atoms with Gasteiger partial charge in [-0.05, 0) is 62.8 Å². The van der Waals surface area contributed by atoms with Crippen molar-refractivity contribution in [2.24, 2.45) is 34.2 Å². The first-order valence-electron chi connectivity index (χ1n) is 24.4. The molecule has 0 aromatic heterocycles. The van der Waals surface area contributed by atoms with Gasteiger partial charge in [-0.25, -0.2) is 9.59 Å². The number of carboxylic acid groups (broad SMARTS) is 2. The minimum Gasteiger partial charge on any atom is -0.508 e. The molecular weight excluding hydrogens is 977 g/mol. The minimum atomic E-state index is -1.98. The maximum atomic E-state index is 14.4. The average molecular weight is 1050 g/mol. The van der Waals surface area contributed by atoms with Crippen LogP contribution in [0.2, 0.25) is 0 Å². The molecule has 2 aromatic rings. The summed E-state index contributed by atoms with van der Waals surface area (Å²) in [6.07, 6.45) is 3.99. The number of rotatable bonds is 16. The van der Waals surface area contributed by atoms with E-state index in [0.717, 1.165) is 5.56 Å². The van der Waals surface area contributed by atoms with Crippen molar-refractivity contribution in [3.05, 3.63) is 89.5 Å². The van der Waals surface area contributed by atoms with E-state index in [1.165, 1.54) is 51.1 Å². The first-order chi connectivity index (χ1) is 35.4. The Labute approximate surface area is 435 Å². The molecule has 24 heteroatoms. The number of nitrogens with zero attached hydrogens (tertiary/aromatic N) is 1. The van der Waals surface area contributed by atoms with Crippen molar-refractivity contribution in [2.75, 3.05) is 20.3 Å². The number of nitrogens with two attached hydrogens (primary N) is 2. The van der Waals surface area contributed by atoms with Crippen molar-refractivity contribution in [2.45, 2.75) is 122 Å². The second-order valence-electron chi connectivity index (χ2n) is 18.4. The van der Waals surface area contributed by atoms with Gasteiger partial charge in [0.2, 0.25) is 41.4 Å². The number of nitrogens with one attached hydrogen (secondary N) is 7. The normalized spacial score (nSPS) is 25.3. The third-order valence-corrected chi connectivity index (χ3v) is 12.4.